The number of fused-ring (bicyclic) bond motifs is 3. The monoisotopic (exact) mass is 346 g/mol. The van der Waals surface area contributed by atoms with E-state index in [4.69, 9.17) is 5.10 Å². The third kappa shape index (κ3) is 2.13. The molecule has 1 spiro atoms. The lowest BCUT2D eigenvalue weighted by molar-refractivity contribution is -0.120. The minimum absolute atomic E-state index is 0.144. The van der Waals surface area contributed by atoms with Crippen LogP contribution in [-0.2, 0) is 23.3 Å². The van der Waals surface area contributed by atoms with E-state index >= 15 is 0 Å². The number of benzene rings is 2. The molecule has 3 heterocycles. The quantitative estimate of drug-likeness (QED) is 0.793. The van der Waals surface area contributed by atoms with Crippen molar-refractivity contribution in [3.8, 4) is 0 Å². The van der Waals surface area contributed by atoms with Crippen LogP contribution in [0.4, 0.5) is 5.69 Å². The van der Waals surface area contributed by atoms with Crippen molar-refractivity contribution in [3.05, 3.63) is 59.8 Å². The highest BCUT2D eigenvalue weighted by molar-refractivity contribution is 6.06. The van der Waals surface area contributed by atoms with Crippen LogP contribution in [0.15, 0.2) is 48.5 Å². The molecule has 0 bridgehead atoms. The molecule has 2 aliphatic rings. The number of para-hydroxylation sites is 2. The van der Waals surface area contributed by atoms with Gasteiger partial charge in [0.05, 0.1) is 16.6 Å². The minimum Gasteiger partial charge on any atom is -0.325 e. The van der Waals surface area contributed by atoms with Gasteiger partial charge in [0.25, 0.3) is 0 Å². The van der Waals surface area contributed by atoms with Crippen LogP contribution in [-0.4, -0.2) is 33.7 Å². The van der Waals surface area contributed by atoms with Crippen LogP contribution in [0, 0.1) is 0 Å². The van der Waals surface area contributed by atoms with Gasteiger partial charge in [-0.3, -0.25) is 14.4 Å². The van der Waals surface area contributed by atoms with Crippen molar-refractivity contribution in [2.75, 3.05) is 18.4 Å². The van der Waals surface area contributed by atoms with E-state index in [1.165, 1.54) is 10.9 Å². The molecule has 1 atom stereocenters. The molecule has 1 unspecified atom stereocenters. The number of carbonyl (C=O) groups is 1. The first-order chi connectivity index (χ1) is 12.7. The molecule has 1 aromatic heterocycles. The highest BCUT2D eigenvalue weighted by Crippen LogP contribution is 2.44. The largest absolute Gasteiger partial charge is 0.325 e. The molecular weight excluding hydrogens is 324 g/mol. The zero-order chi connectivity index (χ0) is 17.7. The summed E-state index contributed by atoms with van der Waals surface area (Å²) in [5.41, 5.74) is 4.00. The number of rotatable bonds is 3. The minimum atomic E-state index is -0.403. The Hall–Kier alpha value is -2.66. The Morgan fingerprint density at radius 2 is 1.96 bits per heavy atom. The van der Waals surface area contributed by atoms with Crippen molar-refractivity contribution in [3.63, 3.8) is 0 Å². The van der Waals surface area contributed by atoms with Crippen LogP contribution in [0.25, 0.3) is 10.9 Å². The lowest BCUT2D eigenvalue weighted by Gasteiger charge is -2.22. The first-order valence-electron chi connectivity index (χ1n) is 9.29. The predicted octanol–water partition coefficient (Wildman–Crippen LogP) is 3.15. The number of carbonyl (C=O) groups excluding carboxylic acids is 1. The van der Waals surface area contributed by atoms with Gasteiger partial charge in [0, 0.05) is 37.3 Å². The summed E-state index contributed by atoms with van der Waals surface area (Å²) in [6.07, 6.45) is 0.863. The van der Waals surface area contributed by atoms with Crippen LogP contribution < -0.4 is 5.32 Å². The standard InChI is InChI=1S/C21H22N4O/c1-2-25-19-10-6-3-7-15(19)18(23-25)13-24-12-11-21(14-24)16-8-4-5-9-17(16)22-20(21)26/h3-10H,2,11-14H2,1H3,(H,22,26). The predicted molar refractivity (Wildman–Crippen MR) is 102 cm³/mol. The fraction of sp³-hybridized carbons (Fsp3) is 0.333. The van der Waals surface area contributed by atoms with Gasteiger partial charge in [0.1, 0.15) is 0 Å². The third-order valence-electron chi connectivity index (χ3n) is 5.88. The summed E-state index contributed by atoms with van der Waals surface area (Å²) in [6.45, 7) is 5.43. The zero-order valence-electron chi connectivity index (χ0n) is 14.9. The van der Waals surface area contributed by atoms with Gasteiger partial charge in [0.2, 0.25) is 5.91 Å². The molecule has 5 heteroatoms. The van der Waals surface area contributed by atoms with Crippen LogP contribution in [0.3, 0.4) is 0 Å². The molecule has 3 aromatic rings. The van der Waals surface area contributed by atoms with Gasteiger partial charge in [-0.25, -0.2) is 0 Å². The molecule has 5 nitrogen and oxygen atoms in total. The van der Waals surface area contributed by atoms with Gasteiger partial charge in [-0.15, -0.1) is 0 Å². The molecule has 0 saturated carbocycles. The number of hydrogen-bond acceptors (Lipinski definition) is 3. The van der Waals surface area contributed by atoms with Gasteiger partial charge < -0.3 is 5.32 Å². The number of amides is 1. The Morgan fingerprint density at radius 1 is 1.15 bits per heavy atom. The van der Waals surface area contributed by atoms with Gasteiger partial charge in [-0.2, -0.15) is 5.10 Å². The Balaban J connectivity index is 1.45. The first-order valence-corrected chi connectivity index (χ1v) is 9.29. The molecule has 5 rings (SSSR count). The molecule has 26 heavy (non-hydrogen) atoms. The van der Waals surface area contributed by atoms with E-state index in [0.29, 0.717) is 0 Å². The lowest BCUT2D eigenvalue weighted by Crippen LogP contribution is -2.37. The van der Waals surface area contributed by atoms with Crippen LogP contribution in [0.5, 0.6) is 0 Å². The SMILES string of the molecule is CCn1nc(CN2CCC3(C2)C(=O)Nc2ccccc23)c2ccccc21. The van der Waals surface area contributed by atoms with Crippen molar-refractivity contribution in [2.45, 2.75) is 31.8 Å². The maximum Gasteiger partial charge on any atom is 0.236 e. The second-order valence-electron chi connectivity index (χ2n) is 7.32. The number of likely N-dealkylation sites (tertiary alicyclic amines) is 1. The summed E-state index contributed by atoms with van der Waals surface area (Å²) < 4.78 is 2.06. The summed E-state index contributed by atoms with van der Waals surface area (Å²) >= 11 is 0. The summed E-state index contributed by atoms with van der Waals surface area (Å²) in [4.78, 5) is 15.1. The highest BCUT2D eigenvalue weighted by Gasteiger charge is 2.50. The molecule has 0 radical (unpaired) electrons. The fourth-order valence-electron chi connectivity index (χ4n) is 4.57. The Morgan fingerprint density at radius 3 is 2.85 bits per heavy atom. The Bertz CT molecular complexity index is 1010. The highest BCUT2D eigenvalue weighted by atomic mass is 16.2. The second kappa shape index (κ2) is 5.68. The van der Waals surface area contributed by atoms with Crippen LogP contribution in [0.1, 0.15) is 24.6 Å². The van der Waals surface area contributed by atoms with E-state index in [1.54, 1.807) is 0 Å². The average Bonchev–Trinajstić information content (AvgIpc) is 3.32. The molecule has 0 aliphatic carbocycles. The number of nitrogens with one attached hydrogen (secondary N) is 1. The van der Waals surface area contributed by atoms with Crippen molar-refractivity contribution < 1.29 is 4.79 Å². The van der Waals surface area contributed by atoms with Crippen molar-refractivity contribution in [2.24, 2.45) is 0 Å². The lowest BCUT2D eigenvalue weighted by atomic mass is 9.81. The molecule has 1 fully saturated rings. The van der Waals surface area contributed by atoms with E-state index in [1.807, 2.05) is 18.2 Å². The Kier molecular flexibility index (Phi) is 3.40. The number of aromatic nitrogens is 2. The Labute approximate surface area is 152 Å². The molecule has 2 aliphatic heterocycles. The van der Waals surface area contributed by atoms with E-state index < -0.39 is 5.41 Å². The van der Waals surface area contributed by atoms with Gasteiger partial charge in [-0.05, 0) is 31.0 Å². The fourth-order valence-corrected chi connectivity index (χ4v) is 4.57. The van der Waals surface area contributed by atoms with Crippen molar-refractivity contribution in [1.29, 1.82) is 0 Å². The zero-order valence-corrected chi connectivity index (χ0v) is 14.9. The van der Waals surface area contributed by atoms with Crippen molar-refractivity contribution in [1.82, 2.24) is 14.7 Å². The average molecular weight is 346 g/mol. The van der Waals surface area contributed by atoms with Gasteiger partial charge in [-0.1, -0.05) is 36.4 Å². The molecule has 1 saturated heterocycles. The summed E-state index contributed by atoms with van der Waals surface area (Å²) in [6, 6.07) is 16.5. The summed E-state index contributed by atoms with van der Waals surface area (Å²) in [7, 11) is 0. The normalized spacial score (nSPS) is 22.3. The second-order valence-corrected chi connectivity index (χ2v) is 7.32. The van der Waals surface area contributed by atoms with E-state index in [0.717, 1.165) is 49.5 Å². The van der Waals surface area contributed by atoms with Crippen LogP contribution >= 0.6 is 0 Å². The number of anilines is 1. The molecule has 2 aromatic carbocycles. The number of nitrogens with zero attached hydrogens (tertiary/aromatic N) is 3. The van der Waals surface area contributed by atoms with Gasteiger partial charge >= 0.3 is 0 Å². The van der Waals surface area contributed by atoms with E-state index in [-0.39, 0.29) is 5.91 Å². The van der Waals surface area contributed by atoms with Crippen LogP contribution in [0.2, 0.25) is 0 Å². The summed E-state index contributed by atoms with van der Waals surface area (Å²) in [5.74, 6) is 0.144. The maximum atomic E-state index is 12.8. The first kappa shape index (κ1) is 15.6. The number of hydrogen-bond donors (Lipinski definition) is 1. The smallest absolute Gasteiger partial charge is 0.236 e. The van der Waals surface area contributed by atoms with E-state index in [2.05, 4.69) is 52.2 Å². The molecule has 132 valence electrons. The molecule has 1 N–H and O–H groups in total. The maximum absolute atomic E-state index is 12.8. The van der Waals surface area contributed by atoms with Gasteiger partial charge in [0.15, 0.2) is 0 Å². The van der Waals surface area contributed by atoms with Crippen molar-refractivity contribution >= 4 is 22.5 Å². The van der Waals surface area contributed by atoms with E-state index in [9.17, 15) is 4.79 Å². The topological polar surface area (TPSA) is 50.2 Å². The number of aryl methyl sites for hydroxylation is 1. The molecular formula is C21H22N4O. The molecule has 1 amide bonds. The summed E-state index contributed by atoms with van der Waals surface area (Å²) in [5, 5.41) is 9.11. The third-order valence-corrected chi connectivity index (χ3v) is 5.88.